The van der Waals surface area contributed by atoms with Gasteiger partial charge in [-0.05, 0) is 6.07 Å². The van der Waals surface area contributed by atoms with Gasteiger partial charge in [0.05, 0.1) is 0 Å². The van der Waals surface area contributed by atoms with Gasteiger partial charge >= 0.3 is 58.4 Å². The van der Waals surface area contributed by atoms with Gasteiger partial charge < -0.3 is 18.3 Å². The Bertz CT molecular complexity index is 279. The van der Waals surface area contributed by atoms with Crippen LogP contribution in [0.3, 0.4) is 0 Å². The summed E-state index contributed by atoms with van der Waals surface area (Å²) in [5.74, 6) is 0.228. The van der Waals surface area contributed by atoms with E-state index in [0.29, 0.717) is 0 Å². The molecule has 13 heavy (non-hydrogen) atoms. The fourth-order valence-electron chi connectivity index (χ4n) is 0.787. The second-order valence-corrected chi connectivity index (χ2v) is 2.30. The summed E-state index contributed by atoms with van der Waals surface area (Å²) in [6.45, 7) is -4.91. The molecule has 0 aromatic carbocycles. The molecule has 0 radical (unpaired) electrons. The van der Waals surface area contributed by atoms with Crippen LogP contribution in [0, 0.1) is 0 Å². The van der Waals surface area contributed by atoms with Gasteiger partial charge in [0.1, 0.15) is 5.82 Å². The van der Waals surface area contributed by atoms with Gasteiger partial charge in [0.15, 0.2) is 0 Å². The Morgan fingerprint density at radius 1 is 1.38 bits per heavy atom. The fraction of sp³-hybridized carbons (Fsp3) is 0.167. The molecule has 0 aliphatic carbocycles. The molecule has 0 aliphatic rings. The topological polar surface area (TPSA) is 24.9 Å². The van der Waals surface area contributed by atoms with Crippen LogP contribution in [0.25, 0.3) is 0 Å². The Hall–Kier alpha value is 0.441. The van der Waals surface area contributed by atoms with Crippen LogP contribution in [0.1, 0.15) is 0 Å². The second-order valence-electron chi connectivity index (χ2n) is 2.30. The van der Waals surface area contributed by atoms with Crippen LogP contribution in [0.2, 0.25) is 0 Å². The summed E-state index contributed by atoms with van der Waals surface area (Å²) in [4.78, 5) is 3.67. The van der Waals surface area contributed by atoms with Crippen molar-refractivity contribution in [2.24, 2.45) is 0 Å². The average Bonchev–Trinajstić information content (AvgIpc) is 2.03. The van der Waals surface area contributed by atoms with Crippen LogP contribution in [0.4, 0.5) is 18.8 Å². The second kappa shape index (κ2) is 5.35. The van der Waals surface area contributed by atoms with E-state index in [1.165, 1.54) is 7.05 Å². The molecule has 66 valence electrons. The Kier molecular flexibility index (Phi) is 5.54. The summed E-state index contributed by atoms with van der Waals surface area (Å²) in [5.41, 5.74) is -0.630. The maximum Gasteiger partial charge on any atom is 1.00 e. The standard InChI is InChI=1S/C6H7BF3N2.K/c1-11-6-4-5(2-3-12-6)7(8,9)10;/h2-4H,1H3,(H,11,12);/q-1;+1. The van der Waals surface area contributed by atoms with Gasteiger partial charge in [-0.15, -0.1) is 5.46 Å². The number of nitrogens with zero attached hydrogens (tertiary/aromatic N) is 1. The largest absolute Gasteiger partial charge is 1.00 e. The van der Waals surface area contributed by atoms with Gasteiger partial charge in [-0.2, -0.15) is 0 Å². The van der Waals surface area contributed by atoms with E-state index in [4.69, 9.17) is 0 Å². The molecule has 0 saturated heterocycles. The van der Waals surface area contributed by atoms with Crippen molar-refractivity contribution in [1.29, 1.82) is 0 Å². The minimum absolute atomic E-state index is 0. The van der Waals surface area contributed by atoms with E-state index in [-0.39, 0.29) is 57.2 Å². The Balaban J connectivity index is 0.00000144. The van der Waals surface area contributed by atoms with Crippen molar-refractivity contribution < 1.29 is 64.3 Å². The molecule has 0 aliphatic heterocycles. The number of hydrogen-bond donors (Lipinski definition) is 1. The van der Waals surface area contributed by atoms with E-state index >= 15 is 0 Å². The summed E-state index contributed by atoms with van der Waals surface area (Å²) in [5, 5.41) is 2.54. The number of rotatable bonds is 2. The number of halogens is 3. The third-order valence-corrected chi connectivity index (χ3v) is 1.42. The number of aromatic nitrogens is 1. The van der Waals surface area contributed by atoms with Crippen LogP contribution >= 0.6 is 0 Å². The van der Waals surface area contributed by atoms with Crippen molar-refractivity contribution in [2.45, 2.75) is 0 Å². The van der Waals surface area contributed by atoms with Crippen LogP contribution < -0.4 is 62.2 Å². The summed E-state index contributed by atoms with van der Waals surface area (Å²) >= 11 is 0. The molecule has 0 fully saturated rings. The summed E-state index contributed by atoms with van der Waals surface area (Å²) < 4.78 is 36.3. The van der Waals surface area contributed by atoms with Crippen LogP contribution in [0.15, 0.2) is 18.3 Å². The van der Waals surface area contributed by atoms with Gasteiger partial charge in [-0.3, -0.25) is 0 Å². The first-order valence-corrected chi connectivity index (χ1v) is 3.37. The predicted octanol–water partition coefficient (Wildman–Crippen LogP) is -1.82. The SMILES string of the molecule is CNc1cc([B-](F)(F)F)ccn1.[K+]. The third-order valence-electron chi connectivity index (χ3n) is 1.42. The van der Waals surface area contributed by atoms with E-state index in [1.807, 2.05) is 0 Å². The molecular weight excluding hydrogens is 207 g/mol. The third kappa shape index (κ3) is 3.99. The van der Waals surface area contributed by atoms with E-state index in [1.54, 1.807) is 0 Å². The van der Waals surface area contributed by atoms with Crippen molar-refractivity contribution in [3.63, 3.8) is 0 Å². The Labute approximate surface area is 117 Å². The first-order chi connectivity index (χ1) is 5.54. The van der Waals surface area contributed by atoms with E-state index in [2.05, 4.69) is 10.3 Å². The first-order valence-electron chi connectivity index (χ1n) is 3.37. The molecule has 1 N–H and O–H groups in total. The van der Waals surface area contributed by atoms with E-state index < -0.39 is 12.4 Å². The van der Waals surface area contributed by atoms with Gasteiger partial charge in [-0.1, -0.05) is 6.07 Å². The molecule has 1 aromatic heterocycles. The van der Waals surface area contributed by atoms with Crippen molar-refractivity contribution in [2.75, 3.05) is 12.4 Å². The zero-order valence-electron chi connectivity index (χ0n) is 7.39. The van der Waals surface area contributed by atoms with Gasteiger partial charge in [0.25, 0.3) is 0 Å². The first kappa shape index (κ1) is 13.4. The van der Waals surface area contributed by atoms with Crippen molar-refractivity contribution in [3.05, 3.63) is 18.3 Å². The molecule has 1 heterocycles. The minimum atomic E-state index is -4.91. The summed E-state index contributed by atoms with van der Waals surface area (Å²) in [7, 11) is 1.52. The number of pyridine rings is 1. The van der Waals surface area contributed by atoms with Crippen molar-refractivity contribution >= 4 is 18.3 Å². The molecule has 1 rings (SSSR count). The van der Waals surface area contributed by atoms with Crippen LogP contribution in [-0.4, -0.2) is 19.0 Å². The van der Waals surface area contributed by atoms with E-state index in [9.17, 15) is 12.9 Å². The quantitative estimate of drug-likeness (QED) is 0.586. The zero-order valence-corrected chi connectivity index (χ0v) is 10.5. The molecular formula is C6H7BF3KN2. The molecule has 0 atom stereocenters. The van der Waals surface area contributed by atoms with Gasteiger partial charge in [0.2, 0.25) is 0 Å². The molecule has 7 heteroatoms. The van der Waals surface area contributed by atoms with Crippen molar-refractivity contribution in [1.82, 2.24) is 4.98 Å². The molecule has 0 amide bonds. The van der Waals surface area contributed by atoms with E-state index in [0.717, 1.165) is 18.3 Å². The maximum absolute atomic E-state index is 12.1. The predicted molar refractivity (Wildman–Crippen MR) is 42.5 cm³/mol. The summed E-state index contributed by atoms with van der Waals surface area (Å²) in [6.07, 6.45) is 1.14. The van der Waals surface area contributed by atoms with Crippen molar-refractivity contribution in [3.8, 4) is 0 Å². The Morgan fingerprint density at radius 3 is 2.46 bits per heavy atom. The number of nitrogens with one attached hydrogen (secondary N) is 1. The number of anilines is 1. The van der Waals surface area contributed by atoms with Crippen LogP contribution in [0.5, 0.6) is 0 Å². The smallest absolute Gasteiger partial charge is 0.445 e. The zero-order chi connectivity index (χ0) is 9.19. The fourth-order valence-corrected chi connectivity index (χ4v) is 0.787. The number of hydrogen-bond acceptors (Lipinski definition) is 2. The maximum atomic E-state index is 12.1. The minimum Gasteiger partial charge on any atom is -0.445 e. The monoisotopic (exact) mass is 214 g/mol. The molecule has 0 saturated carbocycles. The molecule has 0 spiro atoms. The molecule has 2 nitrogen and oxygen atoms in total. The molecule has 1 aromatic rings. The Morgan fingerprint density at radius 2 is 2.00 bits per heavy atom. The van der Waals surface area contributed by atoms with Gasteiger partial charge in [-0.25, -0.2) is 4.98 Å². The van der Waals surface area contributed by atoms with Gasteiger partial charge in [0, 0.05) is 13.2 Å². The molecule has 0 unspecified atom stereocenters. The van der Waals surface area contributed by atoms with Crippen LogP contribution in [-0.2, 0) is 0 Å². The normalized spacial score (nSPS) is 10.5. The average molecular weight is 214 g/mol. The molecule has 0 bridgehead atoms. The summed E-state index contributed by atoms with van der Waals surface area (Å²) in [6, 6.07) is 1.95.